The van der Waals surface area contributed by atoms with E-state index in [1.165, 1.54) is 11.1 Å². The highest BCUT2D eigenvalue weighted by molar-refractivity contribution is 5.66. The van der Waals surface area contributed by atoms with Gasteiger partial charge < -0.3 is 10.2 Å². The van der Waals surface area contributed by atoms with E-state index in [1.54, 1.807) is 13.8 Å². The van der Waals surface area contributed by atoms with E-state index in [-0.39, 0.29) is 12.8 Å². The zero-order valence-corrected chi connectivity index (χ0v) is 20.2. The molecule has 2 N–H and O–H groups in total. The van der Waals surface area contributed by atoms with Crippen LogP contribution < -0.4 is 0 Å². The molecule has 0 atom stereocenters. The first kappa shape index (κ1) is 29.0. The highest BCUT2D eigenvalue weighted by Gasteiger charge is 2.06. The van der Waals surface area contributed by atoms with Gasteiger partial charge in [0.1, 0.15) is 0 Å². The molecule has 0 aliphatic carbocycles. The Bertz CT molecular complexity index is 776. The van der Waals surface area contributed by atoms with E-state index < -0.39 is 11.9 Å². The van der Waals surface area contributed by atoms with Crippen molar-refractivity contribution in [2.24, 2.45) is 22.1 Å². The summed E-state index contributed by atoms with van der Waals surface area (Å²) in [6.45, 7) is 12.1. The van der Waals surface area contributed by atoms with Crippen molar-refractivity contribution in [1.29, 1.82) is 0 Å². The molecular formula is C26H38N2O4. The largest absolute Gasteiger partial charge is 0.481 e. The topological polar surface area (TPSA) is 99.3 Å². The first-order valence-electron chi connectivity index (χ1n) is 11.1. The molecule has 2 rings (SSSR count). The standard InChI is InChI=1S/C20H26N2.2C3H6O2/c1-15(2)13-17-9-5-7-11-19(17)21-22-20-12-8-6-10-18(20)14-16(3)4;2*1-2-3(4)5/h5-12,15-16H,13-14H2,1-4H3;2*2H2,1H3,(H,4,5). The maximum atomic E-state index is 9.37. The molecule has 0 radical (unpaired) electrons. The van der Waals surface area contributed by atoms with Crippen molar-refractivity contribution in [3.05, 3.63) is 59.7 Å². The molecule has 0 aliphatic heterocycles. The lowest BCUT2D eigenvalue weighted by atomic mass is 10.0. The van der Waals surface area contributed by atoms with Crippen LogP contribution in [0.2, 0.25) is 0 Å². The number of benzene rings is 2. The van der Waals surface area contributed by atoms with Gasteiger partial charge in [-0.1, -0.05) is 77.9 Å². The predicted molar refractivity (Wildman–Crippen MR) is 130 cm³/mol. The summed E-state index contributed by atoms with van der Waals surface area (Å²) in [5, 5.41) is 24.5. The van der Waals surface area contributed by atoms with E-state index in [9.17, 15) is 9.59 Å². The zero-order chi connectivity index (χ0) is 24.5. The zero-order valence-electron chi connectivity index (χ0n) is 20.2. The second-order valence-corrected chi connectivity index (χ2v) is 8.15. The fraction of sp³-hybridized carbons (Fsp3) is 0.462. The van der Waals surface area contributed by atoms with Crippen molar-refractivity contribution < 1.29 is 19.8 Å². The SMILES string of the molecule is CC(C)Cc1ccccc1N=Nc1ccccc1CC(C)C.CCC(=O)O.CCC(=O)O. The highest BCUT2D eigenvalue weighted by Crippen LogP contribution is 2.27. The minimum Gasteiger partial charge on any atom is -0.481 e. The number of carboxylic acid groups (broad SMARTS) is 2. The van der Waals surface area contributed by atoms with Crippen molar-refractivity contribution in [1.82, 2.24) is 0 Å². The van der Waals surface area contributed by atoms with E-state index >= 15 is 0 Å². The molecule has 0 saturated heterocycles. The van der Waals surface area contributed by atoms with Gasteiger partial charge in [0.05, 0.1) is 11.4 Å². The smallest absolute Gasteiger partial charge is 0.303 e. The van der Waals surface area contributed by atoms with Crippen LogP contribution in [0.3, 0.4) is 0 Å². The lowest BCUT2D eigenvalue weighted by molar-refractivity contribution is -0.137. The molecule has 6 nitrogen and oxygen atoms in total. The molecule has 176 valence electrons. The second kappa shape index (κ2) is 16.6. The van der Waals surface area contributed by atoms with Crippen LogP contribution in [0.25, 0.3) is 0 Å². The van der Waals surface area contributed by atoms with Crippen LogP contribution in [0.4, 0.5) is 11.4 Å². The predicted octanol–water partition coefficient (Wildman–Crippen LogP) is 7.46. The molecule has 0 unspecified atom stereocenters. The minimum atomic E-state index is -0.745. The lowest BCUT2D eigenvalue weighted by Gasteiger charge is -2.09. The normalized spacial score (nSPS) is 10.4. The number of carbonyl (C=O) groups is 2. The third-order valence-electron chi connectivity index (χ3n) is 4.11. The Morgan fingerprint density at radius 3 is 1.22 bits per heavy atom. The summed E-state index contributed by atoms with van der Waals surface area (Å²) in [5.74, 6) is -0.260. The Balaban J connectivity index is 0.000000805. The molecule has 2 aromatic carbocycles. The molecule has 0 heterocycles. The van der Waals surface area contributed by atoms with Crippen molar-refractivity contribution >= 4 is 23.3 Å². The van der Waals surface area contributed by atoms with E-state index in [4.69, 9.17) is 10.2 Å². The van der Waals surface area contributed by atoms with Crippen LogP contribution in [-0.4, -0.2) is 22.2 Å². The molecule has 0 fully saturated rings. The Morgan fingerprint density at radius 2 is 0.969 bits per heavy atom. The average molecular weight is 443 g/mol. The van der Waals surface area contributed by atoms with Gasteiger partial charge in [-0.05, 0) is 47.9 Å². The Kier molecular flexibility index (Phi) is 15.1. The van der Waals surface area contributed by atoms with E-state index in [1.807, 2.05) is 24.3 Å². The summed E-state index contributed by atoms with van der Waals surface area (Å²) in [7, 11) is 0. The summed E-state index contributed by atoms with van der Waals surface area (Å²) < 4.78 is 0. The van der Waals surface area contributed by atoms with Crippen LogP contribution >= 0.6 is 0 Å². The quantitative estimate of drug-likeness (QED) is 0.414. The molecule has 32 heavy (non-hydrogen) atoms. The summed E-state index contributed by atoms with van der Waals surface area (Å²) in [5.41, 5.74) is 4.50. The van der Waals surface area contributed by atoms with Crippen LogP contribution in [0.5, 0.6) is 0 Å². The molecule has 6 heteroatoms. The monoisotopic (exact) mass is 442 g/mol. The minimum absolute atomic E-state index is 0.222. The number of hydrogen-bond acceptors (Lipinski definition) is 4. The maximum absolute atomic E-state index is 9.37. The van der Waals surface area contributed by atoms with Crippen molar-refractivity contribution in [3.63, 3.8) is 0 Å². The number of hydrogen-bond donors (Lipinski definition) is 2. The Labute approximate surface area is 192 Å². The molecule has 0 aromatic heterocycles. The van der Waals surface area contributed by atoms with Gasteiger partial charge in [0, 0.05) is 12.8 Å². The maximum Gasteiger partial charge on any atom is 0.303 e. The van der Waals surface area contributed by atoms with Crippen LogP contribution in [0.15, 0.2) is 58.8 Å². The summed E-state index contributed by atoms with van der Waals surface area (Å²) in [6, 6.07) is 16.6. The van der Waals surface area contributed by atoms with Crippen molar-refractivity contribution in [2.45, 2.75) is 67.2 Å². The third-order valence-corrected chi connectivity index (χ3v) is 4.11. The van der Waals surface area contributed by atoms with Gasteiger partial charge in [-0.25, -0.2) is 0 Å². The highest BCUT2D eigenvalue weighted by atomic mass is 16.4. The van der Waals surface area contributed by atoms with Gasteiger partial charge in [-0.2, -0.15) is 10.2 Å². The average Bonchev–Trinajstić information content (AvgIpc) is 2.74. The number of aliphatic carboxylic acids is 2. The lowest BCUT2D eigenvalue weighted by Crippen LogP contribution is -1.94. The van der Waals surface area contributed by atoms with Gasteiger partial charge in [-0.3, -0.25) is 9.59 Å². The van der Waals surface area contributed by atoms with Crippen molar-refractivity contribution in [2.75, 3.05) is 0 Å². The van der Waals surface area contributed by atoms with E-state index in [0.717, 1.165) is 24.2 Å². The number of azo groups is 1. The van der Waals surface area contributed by atoms with Crippen LogP contribution in [0, 0.1) is 11.8 Å². The van der Waals surface area contributed by atoms with Crippen molar-refractivity contribution in [3.8, 4) is 0 Å². The number of carboxylic acids is 2. The molecule has 0 bridgehead atoms. The molecular weight excluding hydrogens is 404 g/mol. The Hall–Kier alpha value is -3.02. The third kappa shape index (κ3) is 14.1. The van der Waals surface area contributed by atoms with Crippen LogP contribution in [-0.2, 0) is 22.4 Å². The van der Waals surface area contributed by atoms with Gasteiger partial charge in [0.25, 0.3) is 0 Å². The molecule has 2 aromatic rings. The van der Waals surface area contributed by atoms with Crippen LogP contribution in [0.1, 0.15) is 65.5 Å². The van der Waals surface area contributed by atoms with E-state index in [2.05, 4.69) is 62.2 Å². The molecule has 0 aliphatic rings. The fourth-order valence-electron chi connectivity index (χ4n) is 2.55. The molecule has 0 spiro atoms. The fourth-order valence-corrected chi connectivity index (χ4v) is 2.55. The molecule has 0 amide bonds. The Morgan fingerprint density at radius 1 is 0.688 bits per heavy atom. The summed E-state index contributed by atoms with van der Waals surface area (Å²) in [6.07, 6.45) is 2.51. The second-order valence-electron chi connectivity index (χ2n) is 8.15. The molecule has 0 saturated carbocycles. The number of nitrogens with zero attached hydrogens (tertiary/aromatic N) is 2. The van der Waals surface area contributed by atoms with Gasteiger partial charge in [-0.15, -0.1) is 0 Å². The first-order chi connectivity index (χ1) is 15.1. The number of rotatable bonds is 8. The van der Waals surface area contributed by atoms with Gasteiger partial charge in [0.15, 0.2) is 0 Å². The first-order valence-corrected chi connectivity index (χ1v) is 11.1. The van der Waals surface area contributed by atoms with Gasteiger partial charge >= 0.3 is 11.9 Å². The van der Waals surface area contributed by atoms with Gasteiger partial charge in [0.2, 0.25) is 0 Å². The summed E-state index contributed by atoms with van der Waals surface area (Å²) >= 11 is 0. The van der Waals surface area contributed by atoms with E-state index in [0.29, 0.717) is 11.8 Å². The summed E-state index contributed by atoms with van der Waals surface area (Å²) in [4.78, 5) is 18.7.